The quantitative estimate of drug-likeness (QED) is 0.579. The van der Waals surface area contributed by atoms with Crippen molar-refractivity contribution in [2.45, 2.75) is 6.18 Å². The zero-order chi connectivity index (χ0) is 20.9. The molecule has 0 saturated carbocycles. The van der Waals surface area contributed by atoms with Gasteiger partial charge in [0.2, 0.25) is 10.0 Å². The lowest BCUT2D eigenvalue weighted by molar-refractivity contribution is -0.137. The standard InChI is InChI=1S/C16H16ClF3N4O3S/c1-28(26,27)24-12-4-2-3-10(7-12)15(25)22-6-5-21-14-13(17)8-11(9-23-14)16(18,19)20/h2-4,7-9,24H,5-6H2,1H3,(H,21,23)(H,22,25). The van der Waals surface area contributed by atoms with Crippen LogP contribution >= 0.6 is 11.6 Å². The number of nitrogens with zero attached hydrogens (tertiary/aromatic N) is 1. The molecule has 0 aliphatic rings. The zero-order valence-electron chi connectivity index (χ0n) is 14.5. The highest BCUT2D eigenvalue weighted by atomic mass is 35.5. The molecular weight excluding hydrogens is 421 g/mol. The Bertz CT molecular complexity index is 968. The minimum absolute atomic E-state index is 0.0586. The number of amides is 1. The van der Waals surface area contributed by atoms with Crippen molar-refractivity contribution in [3.63, 3.8) is 0 Å². The first-order chi connectivity index (χ1) is 13.0. The summed E-state index contributed by atoms with van der Waals surface area (Å²) in [6.07, 6.45) is -2.89. The second-order valence-corrected chi connectivity index (χ2v) is 7.85. The van der Waals surface area contributed by atoms with Gasteiger partial charge in [0.1, 0.15) is 5.82 Å². The Morgan fingerprint density at radius 3 is 2.54 bits per heavy atom. The number of nitrogens with one attached hydrogen (secondary N) is 3. The molecule has 0 aliphatic heterocycles. The number of anilines is 2. The Morgan fingerprint density at radius 2 is 1.93 bits per heavy atom. The van der Waals surface area contributed by atoms with E-state index in [1.54, 1.807) is 0 Å². The summed E-state index contributed by atoms with van der Waals surface area (Å²) in [6.45, 7) is 0.284. The van der Waals surface area contributed by atoms with E-state index >= 15 is 0 Å². The molecule has 2 rings (SSSR count). The summed E-state index contributed by atoms with van der Waals surface area (Å²) >= 11 is 5.77. The maximum absolute atomic E-state index is 12.6. The summed E-state index contributed by atoms with van der Waals surface area (Å²) in [6, 6.07) is 6.66. The summed E-state index contributed by atoms with van der Waals surface area (Å²) in [4.78, 5) is 15.7. The van der Waals surface area contributed by atoms with Crippen LogP contribution in [-0.4, -0.2) is 38.7 Å². The van der Waals surface area contributed by atoms with Crippen molar-refractivity contribution in [1.29, 1.82) is 0 Å². The van der Waals surface area contributed by atoms with Gasteiger partial charge in [-0.15, -0.1) is 0 Å². The first-order valence-electron chi connectivity index (χ1n) is 7.78. The third-order valence-electron chi connectivity index (χ3n) is 3.30. The number of alkyl halides is 3. The molecule has 1 aromatic heterocycles. The van der Waals surface area contributed by atoms with Gasteiger partial charge in [-0.2, -0.15) is 13.2 Å². The predicted octanol–water partition coefficient (Wildman–Crippen LogP) is 2.97. The summed E-state index contributed by atoms with van der Waals surface area (Å²) in [5, 5.41) is 5.12. The van der Waals surface area contributed by atoms with Gasteiger partial charge in [-0.05, 0) is 24.3 Å². The highest BCUT2D eigenvalue weighted by Gasteiger charge is 2.31. The molecule has 2 aromatic rings. The maximum atomic E-state index is 12.6. The summed E-state index contributed by atoms with van der Waals surface area (Å²) in [7, 11) is -3.47. The molecule has 0 unspecified atom stereocenters. The second kappa shape index (κ2) is 8.65. The third-order valence-corrected chi connectivity index (χ3v) is 4.19. The number of hydrogen-bond acceptors (Lipinski definition) is 5. The van der Waals surface area contributed by atoms with Gasteiger partial charge in [0.15, 0.2) is 0 Å². The van der Waals surface area contributed by atoms with Crippen molar-refractivity contribution >= 4 is 39.0 Å². The van der Waals surface area contributed by atoms with Crippen molar-refractivity contribution in [2.24, 2.45) is 0 Å². The van der Waals surface area contributed by atoms with Crippen LogP contribution in [0.3, 0.4) is 0 Å². The van der Waals surface area contributed by atoms with E-state index in [1.165, 1.54) is 24.3 Å². The van der Waals surface area contributed by atoms with Crippen molar-refractivity contribution < 1.29 is 26.4 Å². The summed E-state index contributed by atoms with van der Waals surface area (Å²) in [5.41, 5.74) is -0.479. The second-order valence-electron chi connectivity index (χ2n) is 5.69. The van der Waals surface area contributed by atoms with Crippen molar-refractivity contribution in [3.05, 3.63) is 52.7 Å². The molecule has 0 spiro atoms. The van der Waals surface area contributed by atoms with Gasteiger partial charge in [-0.3, -0.25) is 9.52 Å². The fourth-order valence-electron chi connectivity index (χ4n) is 2.12. The Kier molecular flexibility index (Phi) is 6.73. The summed E-state index contributed by atoms with van der Waals surface area (Å²) < 4.78 is 62.4. The lowest BCUT2D eigenvalue weighted by atomic mass is 10.2. The first kappa shape index (κ1) is 21.8. The number of pyridine rings is 1. The fraction of sp³-hybridized carbons (Fsp3) is 0.250. The zero-order valence-corrected chi connectivity index (χ0v) is 16.0. The van der Waals surface area contributed by atoms with E-state index in [0.717, 1.165) is 12.3 Å². The average molecular weight is 437 g/mol. The predicted molar refractivity (Wildman–Crippen MR) is 100.0 cm³/mol. The Morgan fingerprint density at radius 1 is 1.21 bits per heavy atom. The number of halogens is 4. The monoisotopic (exact) mass is 436 g/mol. The minimum Gasteiger partial charge on any atom is -0.367 e. The highest BCUT2D eigenvalue weighted by Crippen LogP contribution is 2.32. The highest BCUT2D eigenvalue weighted by molar-refractivity contribution is 7.92. The van der Waals surface area contributed by atoms with Gasteiger partial charge in [-0.25, -0.2) is 13.4 Å². The third kappa shape index (κ3) is 6.57. The van der Waals surface area contributed by atoms with Crippen LogP contribution in [0.15, 0.2) is 36.5 Å². The molecule has 28 heavy (non-hydrogen) atoms. The van der Waals surface area contributed by atoms with Gasteiger partial charge in [0.25, 0.3) is 5.91 Å². The van der Waals surface area contributed by atoms with Crippen LogP contribution in [-0.2, 0) is 16.2 Å². The first-order valence-corrected chi connectivity index (χ1v) is 10.1. The molecule has 0 radical (unpaired) electrons. The number of carbonyl (C=O) groups is 1. The normalized spacial score (nSPS) is 11.8. The molecule has 3 N–H and O–H groups in total. The molecule has 0 fully saturated rings. The summed E-state index contributed by atoms with van der Waals surface area (Å²) in [5.74, 6) is -0.395. The van der Waals surface area contributed by atoms with Gasteiger partial charge < -0.3 is 10.6 Å². The van der Waals surface area contributed by atoms with E-state index in [-0.39, 0.29) is 35.2 Å². The number of rotatable bonds is 7. The van der Waals surface area contributed by atoms with Gasteiger partial charge in [-0.1, -0.05) is 17.7 Å². The van der Waals surface area contributed by atoms with E-state index in [0.29, 0.717) is 6.20 Å². The number of hydrogen-bond donors (Lipinski definition) is 3. The molecule has 0 atom stereocenters. The molecular formula is C16H16ClF3N4O3S. The molecule has 0 aliphatic carbocycles. The molecule has 0 saturated heterocycles. The van der Waals surface area contributed by atoms with Crippen LogP contribution in [0.5, 0.6) is 0 Å². The maximum Gasteiger partial charge on any atom is 0.417 e. The minimum atomic E-state index is -4.54. The number of benzene rings is 1. The molecule has 12 heteroatoms. The van der Waals surface area contributed by atoms with Gasteiger partial charge >= 0.3 is 6.18 Å². The van der Waals surface area contributed by atoms with E-state index in [9.17, 15) is 26.4 Å². The lowest BCUT2D eigenvalue weighted by Crippen LogP contribution is -2.29. The van der Waals surface area contributed by atoms with Crippen molar-refractivity contribution in [2.75, 3.05) is 29.4 Å². The smallest absolute Gasteiger partial charge is 0.367 e. The van der Waals surface area contributed by atoms with E-state index in [1.807, 2.05) is 0 Å². The largest absolute Gasteiger partial charge is 0.417 e. The molecule has 1 aromatic carbocycles. The van der Waals surface area contributed by atoms with Crippen LogP contribution in [0.4, 0.5) is 24.7 Å². The number of aromatic nitrogens is 1. The Balaban J connectivity index is 1.89. The van der Waals surface area contributed by atoms with Gasteiger partial charge in [0.05, 0.1) is 16.8 Å². The lowest BCUT2D eigenvalue weighted by Gasteiger charge is -2.11. The topological polar surface area (TPSA) is 100 Å². The molecule has 152 valence electrons. The van der Waals surface area contributed by atoms with Crippen LogP contribution in [0.2, 0.25) is 5.02 Å². The average Bonchev–Trinajstić information content (AvgIpc) is 2.57. The Hall–Kier alpha value is -2.53. The van der Waals surface area contributed by atoms with Crippen LogP contribution in [0, 0.1) is 0 Å². The molecule has 1 heterocycles. The Labute approximate surface area is 164 Å². The van der Waals surface area contributed by atoms with Crippen molar-refractivity contribution in [3.8, 4) is 0 Å². The number of carbonyl (C=O) groups excluding carboxylic acids is 1. The fourth-order valence-corrected chi connectivity index (χ4v) is 2.91. The molecule has 7 nitrogen and oxygen atoms in total. The van der Waals surface area contributed by atoms with E-state index in [4.69, 9.17) is 11.6 Å². The van der Waals surface area contributed by atoms with E-state index < -0.39 is 27.7 Å². The van der Waals surface area contributed by atoms with Crippen LogP contribution < -0.4 is 15.4 Å². The van der Waals surface area contributed by atoms with Crippen LogP contribution in [0.1, 0.15) is 15.9 Å². The molecule has 0 bridgehead atoms. The van der Waals surface area contributed by atoms with Gasteiger partial charge in [0, 0.05) is 30.5 Å². The SMILES string of the molecule is CS(=O)(=O)Nc1cccc(C(=O)NCCNc2ncc(C(F)(F)F)cc2Cl)c1. The van der Waals surface area contributed by atoms with Crippen molar-refractivity contribution in [1.82, 2.24) is 10.3 Å². The van der Waals surface area contributed by atoms with E-state index in [2.05, 4.69) is 20.3 Å². The molecule has 1 amide bonds. The number of sulfonamides is 1. The van der Waals surface area contributed by atoms with Crippen LogP contribution in [0.25, 0.3) is 0 Å².